The van der Waals surface area contributed by atoms with Crippen LogP contribution in [0.25, 0.3) is 11.1 Å². The normalized spacial score (nSPS) is 16.3. The second-order valence-corrected chi connectivity index (χ2v) is 10.5. The summed E-state index contributed by atoms with van der Waals surface area (Å²) in [4.78, 5) is 0. The highest BCUT2D eigenvalue weighted by Gasteiger charge is 2.31. The van der Waals surface area contributed by atoms with Crippen molar-refractivity contribution in [3.63, 3.8) is 0 Å². The maximum atomic E-state index is 6.36. The lowest BCUT2D eigenvalue weighted by Crippen LogP contribution is -2.38. The molecule has 4 aromatic rings. The van der Waals surface area contributed by atoms with E-state index < -0.39 is 0 Å². The molecule has 0 N–H and O–H groups in total. The first-order valence-electron chi connectivity index (χ1n) is 13.3. The van der Waals surface area contributed by atoms with Crippen LogP contribution in [-0.4, -0.2) is 25.0 Å². The first-order valence-corrected chi connectivity index (χ1v) is 13.3. The average Bonchev–Trinajstić information content (AvgIpc) is 3.40. The van der Waals surface area contributed by atoms with Crippen molar-refractivity contribution >= 4 is 11.4 Å². The Morgan fingerprint density at radius 2 is 1.37 bits per heavy atom. The summed E-state index contributed by atoms with van der Waals surface area (Å²) in [5.74, 6) is 1.13. The standard InChI is InChI=1S/C34H36N2O2/c1-25(24-37-4)34(2,3)38-31-21-19-29(20-22-31)33-23-32(35-36(33)30-13-9-6-10-14-30)28-17-15-27(16-18-28)26-11-7-5-8-12-26/h5-22,25,33H,23-24H2,1-4H3. The summed E-state index contributed by atoms with van der Waals surface area (Å²) in [6, 6.07) is 38.2. The molecular formula is C34H36N2O2. The van der Waals surface area contributed by atoms with E-state index in [0.717, 1.165) is 29.1 Å². The number of benzene rings is 4. The van der Waals surface area contributed by atoms with Crippen LogP contribution in [0.1, 0.15) is 44.4 Å². The maximum absolute atomic E-state index is 6.36. The Morgan fingerprint density at radius 3 is 2.00 bits per heavy atom. The highest BCUT2D eigenvalue weighted by molar-refractivity contribution is 6.03. The number of para-hydroxylation sites is 1. The second kappa shape index (κ2) is 11.2. The van der Waals surface area contributed by atoms with Gasteiger partial charge in [-0.15, -0.1) is 0 Å². The van der Waals surface area contributed by atoms with Gasteiger partial charge in [-0.2, -0.15) is 5.10 Å². The molecule has 2 unspecified atom stereocenters. The molecular weight excluding hydrogens is 468 g/mol. The van der Waals surface area contributed by atoms with Crippen molar-refractivity contribution in [3.05, 3.63) is 120 Å². The molecule has 0 fully saturated rings. The number of nitrogens with zero attached hydrogens (tertiary/aromatic N) is 2. The van der Waals surface area contributed by atoms with E-state index in [1.54, 1.807) is 7.11 Å². The Bertz CT molecular complexity index is 1350. The Hall–Kier alpha value is -3.89. The van der Waals surface area contributed by atoms with Crippen molar-refractivity contribution in [2.45, 2.75) is 38.8 Å². The third kappa shape index (κ3) is 5.66. The van der Waals surface area contributed by atoms with Gasteiger partial charge in [0.2, 0.25) is 0 Å². The Morgan fingerprint density at radius 1 is 0.789 bits per heavy atom. The molecule has 0 saturated carbocycles. The van der Waals surface area contributed by atoms with Gasteiger partial charge >= 0.3 is 0 Å². The zero-order valence-electron chi connectivity index (χ0n) is 22.7. The Labute approximate surface area is 226 Å². The summed E-state index contributed by atoms with van der Waals surface area (Å²) < 4.78 is 11.7. The minimum Gasteiger partial charge on any atom is -0.488 e. The molecule has 5 rings (SSSR count). The van der Waals surface area contributed by atoms with E-state index in [2.05, 4.69) is 123 Å². The average molecular weight is 505 g/mol. The molecule has 4 aromatic carbocycles. The van der Waals surface area contributed by atoms with Crippen molar-refractivity contribution in [1.29, 1.82) is 0 Å². The minimum atomic E-state index is -0.330. The van der Waals surface area contributed by atoms with E-state index in [9.17, 15) is 0 Å². The molecule has 194 valence electrons. The molecule has 0 amide bonds. The molecule has 0 radical (unpaired) electrons. The smallest absolute Gasteiger partial charge is 0.120 e. The molecule has 38 heavy (non-hydrogen) atoms. The zero-order chi connectivity index (χ0) is 26.5. The third-order valence-electron chi connectivity index (χ3n) is 7.51. The second-order valence-electron chi connectivity index (χ2n) is 10.5. The van der Waals surface area contributed by atoms with Crippen molar-refractivity contribution in [1.82, 2.24) is 0 Å². The first kappa shape index (κ1) is 25.7. The van der Waals surface area contributed by atoms with Crippen molar-refractivity contribution in [3.8, 4) is 16.9 Å². The predicted octanol–water partition coefficient (Wildman–Crippen LogP) is 8.15. The van der Waals surface area contributed by atoms with Gasteiger partial charge in [-0.1, -0.05) is 91.9 Å². The van der Waals surface area contributed by atoms with Gasteiger partial charge in [-0.05, 0) is 60.4 Å². The number of hydrazone groups is 1. The number of ether oxygens (including phenoxy) is 2. The number of anilines is 1. The Kier molecular flexibility index (Phi) is 7.62. The molecule has 4 heteroatoms. The van der Waals surface area contributed by atoms with Crippen LogP contribution in [0.4, 0.5) is 5.69 Å². The lowest BCUT2D eigenvalue weighted by molar-refractivity contribution is 0.0104. The quantitative estimate of drug-likeness (QED) is 0.231. The summed E-state index contributed by atoms with van der Waals surface area (Å²) in [6.45, 7) is 7.04. The van der Waals surface area contributed by atoms with Crippen molar-refractivity contribution < 1.29 is 9.47 Å². The minimum absolute atomic E-state index is 0.107. The van der Waals surface area contributed by atoms with Gasteiger partial charge in [0.15, 0.2) is 0 Å². The van der Waals surface area contributed by atoms with Crippen LogP contribution in [0.2, 0.25) is 0 Å². The van der Waals surface area contributed by atoms with Gasteiger partial charge in [0.05, 0.1) is 24.0 Å². The highest BCUT2D eigenvalue weighted by atomic mass is 16.5. The lowest BCUT2D eigenvalue weighted by atomic mass is 9.93. The Balaban J connectivity index is 1.39. The van der Waals surface area contributed by atoms with Crippen molar-refractivity contribution in [2.24, 2.45) is 11.0 Å². The van der Waals surface area contributed by atoms with Gasteiger partial charge in [-0.25, -0.2) is 0 Å². The molecule has 0 spiro atoms. The van der Waals surface area contributed by atoms with Crippen LogP contribution in [0.5, 0.6) is 5.75 Å². The molecule has 0 saturated heterocycles. The van der Waals surface area contributed by atoms with E-state index in [-0.39, 0.29) is 17.6 Å². The zero-order valence-corrected chi connectivity index (χ0v) is 22.7. The molecule has 0 bridgehead atoms. The number of rotatable bonds is 9. The molecule has 1 aliphatic rings. The number of hydrogen-bond acceptors (Lipinski definition) is 4. The van der Waals surface area contributed by atoms with Gasteiger partial charge in [0.1, 0.15) is 11.4 Å². The van der Waals surface area contributed by atoms with Gasteiger partial charge in [0.25, 0.3) is 0 Å². The van der Waals surface area contributed by atoms with Crippen LogP contribution in [0, 0.1) is 5.92 Å². The fourth-order valence-corrected chi connectivity index (χ4v) is 4.86. The maximum Gasteiger partial charge on any atom is 0.120 e. The first-order chi connectivity index (χ1) is 18.4. The van der Waals surface area contributed by atoms with Crippen LogP contribution in [0.3, 0.4) is 0 Å². The summed E-state index contributed by atoms with van der Waals surface area (Å²) >= 11 is 0. The van der Waals surface area contributed by atoms with Gasteiger partial charge in [-0.3, -0.25) is 5.01 Å². The van der Waals surface area contributed by atoms with E-state index in [1.165, 1.54) is 16.7 Å². The van der Waals surface area contributed by atoms with Crippen molar-refractivity contribution in [2.75, 3.05) is 18.7 Å². The van der Waals surface area contributed by atoms with Crippen LogP contribution >= 0.6 is 0 Å². The van der Waals surface area contributed by atoms with Crippen LogP contribution in [-0.2, 0) is 4.74 Å². The molecule has 1 aliphatic heterocycles. The highest BCUT2D eigenvalue weighted by Crippen LogP contribution is 2.38. The summed E-state index contributed by atoms with van der Waals surface area (Å²) in [7, 11) is 1.73. The molecule has 2 atom stereocenters. The summed E-state index contributed by atoms with van der Waals surface area (Å²) in [5.41, 5.74) is 6.64. The SMILES string of the molecule is COCC(C)C(C)(C)Oc1ccc(C2CC(c3ccc(-c4ccccc4)cc3)=NN2c2ccccc2)cc1. The summed E-state index contributed by atoms with van der Waals surface area (Å²) in [5, 5.41) is 7.27. The molecule has 1 heterocycles. The molecule has 0 aliphatic carbocycles. The number of hydrogen-bond donors (Lipinski definition) is 0. The van der Waals surface area contributed by atoms with Gasteiger partial charge in [0, 0.05) is 19.4 Å². The molecule has 0 aromatic heterocycles. The van der Waals surface area contributed by atoms with Crippen LogP contribution < -0.4 is 9.75 Å². The van der Waals surface area contributed by atoms with Crippen LogP contribution in [0.15, 0.2) is 114 Å². The van der Waals surface area contributed by atoms with E-state index in [4.69, 9.17) is 14.6 Å². The largest absolute Gasteiger partial charge is 0.488 e. The fourth-order valence-electron chi connectivity index (χ4n) is 4.86. The fraction of sp³-hybridized carbons (Fsp3) is 0.265. The van der Waals surface area contributed by atoms with E-state index >= 15 is 0 Å². The summed E-state index contributed by atoms with van der Waals surface area (Å²) in [6.07, 6.45) is 0.830. The molecule has 4 nitrogen and oxygen atoms in total. The van der Waals surface area contributed by atoms with E-state index in [1.807, 2.05) is 12.1 Å². The topological polar surface area (TPSA) is 34.1 Å². The predicted molar refractivity (Wildman–Crippen MR) is 157 cm³/mol. The third-order valence-corrected chi connectivity index (χ3v) is 7.51. The monoisotopic (exact) mass is 504 g/mol. The van der Waals surface area contributed by atoms with E-state index in [0.29, 0.717) is 6.61 Å². The lowest BCUT2D eigenvalue weighted by Gasteiger charge is -2.32. The number of methoxy groups -OCH3 is 1. The van der Waals surface area contributed by atoms with Gasteiger partial charge < -0.3 is 9.47 Å².